The summed E-state index contributed by atoms with van der Waals surface area (Å²) in [5.74, 6) is 0.592. The third kappa shape index (κ3) is 1.85. The van der Waals surface area contributed by atoms with Crippen LogP contribution in [-0.2, 0) is 0 Å². The first-order valence-electron chi connectivity index (χ1n) is 4.28. The summed E-state index contributed by atoms with van der Waals surface area (Å²) >= 11 is 0. The van der Waals surface area contributed by atoms with Gasteiger partial charge in [-0.2, -0.15) is 4.98 Å². The summed E-state index contributed by atoms with van der Waals surface area (Å²) in [6, 6.07) is 0. The first-order chi connectivity index (χ1) is 7.16. The fourth-order valence-electron chi connectivity index (χ4n) is 1.07. The molecule has 2 aromatic heterocycles. The van der Waals surface area contributed by atoms with E-state index in [1.165, 1.54) is 6.20 Å². The van der Waals surface area contributed by atoms with Gasteiger partial charge in [0.1, 0.15) is 5.82 Å². The molecule has 0 bridgehead atoms. The molecule has 0 saturated heterocycles. The van der Waals surface area contributed by atoms with Crippen molar-refractivity contribution in [1.82, 2.24) is 20.3 Å². The number of amides is 1. The van der Waals surface area contributed by atoms with Gasteiger partial charge >= 0.3 is 0 Å². The van der Waals surface area contributed by atoms with Gasteiger partial charge in [-0.25, -0.2) is 0 Å². The molecular weight excluding hydrogens is 198 g/mol. The summed E-state index contributed by atoms with van der Waals surface area (Å²) in [6.07, 6.45) is 1.47. The smallest absolute Gasteiger partial charge is 0.296 e. The number of carbonyl (C=O) groups excluding carboxylic acids is 1. The van der Waals surface area contributed by atoms with Gasteiger partial charge in [-0.1, -0.05) is 5.16 Å². The summed E-state index contributed by atoms with van der Waals surface area (Å²) in [5.41, 5.74) is 0.666. The number of hydrogen-bond acceptors (Lipinski definition) is 5. The van der Waals surface area contributed by atoms with E-state index in [4.69, 9.17) is 4.52 Å². The van der Waals surface area contributed by atoms with Crippen molar-refractivity contribution in [2.45, 2.75) is 13.8 Å². The Labute approximate surface area is 84.9 Å². The molecule has 2 N–H and O–H groups in total. The van der Waals surface area contributed by atoms with Crippen molar-refractivity contribution in [2.24, 2.45) is 0 Å². The number of carbonyl (C=O) groups is 1. The van der Waals surface area contributed by atoms with Crippen LogP contribution in [0.2, 0.25) is 0 Å². The molecule has 2 aromatic rings. The number of rotatable bonds is 2. The number of aryl methyl sites for hydroxylation is 2. The fraction of sp³-hybridized carbons (Fsp3) is 0.250. The molecule has 15 heavy (non-hydrogen) atoms. The van der Waals surface area contributed by atoms with Crippen LogP contribution < -0.4 is 5.32 Å². The average Bonchev–Trinajstić information content (AvgIpc) is 2.75. The van der Waals surface area contributed by atoms with E-state index in [-0.39, 0.29) is 11.7 Å². The molecule has 0 fully saturated rings. The molecule has 0 saturated carbocycles. The predicted molar refractivity (Wildman–Crippen MR) is 50.3 cm³/mol. The van der Waals surface area contributed by atoms with Crippen LogP contribution in [0.5, 0.6) is 0 Å². The second kappa shape index (κ2) is 3.52. The highest BCUT2D eigenvalue weighted by Crippen LogP contribution is 2.08. The van der Waals surface area contributed by atoms with Crippen LogP contribution >= 0.6 is 0 Å². The van der Waals surface area contributed by atoms with Crippen molar-refractivity contribution in [3.05, 3.63) is 23.3 Å². The number of anilines is 1. The second-order valence-corrected chi connectivity index (χ2v) is 3.04. The lowest BCUT2D eigenvalue weighted by molar-refractivity contribution is 0.0986. The van der Waals surface area contributed by atoms with Crippen LogP contribution in [0, 0.1) is 13.8 Å². The third-order valence-corrected chi connectivity index (χ3v) is 1.78. The number of nitrogens with one attached hydrogen (secondary N) is 2. The summed E-state index contributed by atoms with van der Waals surface area (Å²) in [5, 5.41) is 12.4. The quantitative estimate of drug-likeness (QED) is 0.754. The Morgan fingerprint density at radius 3 is 2.87 bits per heavy atom. The molecule has 2 heterocycles. The zero-order valence-corrected chi connectivity index (χ0v) is 8.24. The SMILES string of the molecule is Cc1nc(NC(=O)c2oncc2C)n[nH]1. The van der Waals surface area contributed by atoms with Crippen LogP contribution in [0.3, 0.4) is 0 Å². The lowest BCUT2D eigenvalue weighted by Crippen LogP contribution is -2.13. The molecule has 0 aliphatic rings. The maximum Gasteiger partial charge on any atom is 0.296 e. The minimum atomic E-state index is -0.413. The van der Waals surface area contributed by atoms with Crippen molar-refractivity contribution in [3.8, 4) is 0 Å². The molecule has 0 radical (unpaired) electrons. The van der Waals surface area contributed by atoms with Gasteiger partial charge in [0.15, 0.2) is 0 Å². The van der Waals surface area contributed by atoms with Crippen LogP contribution in [0.15, 0.2) is 10.7 Å². The monoisotopic (exact) mass is 207 g/mol. The van der Waals surface area contributed by atoms with Gasteiger partial charge < -0.3 is 4.52 Å². The van der Waals surface area contributed by atoms with Gasteiger partial charge in [-0.15, -0.1) is 5.10 Å². The van der Waals surface area contributed by atoms with E-state index >= 15 is 0 Å². The summed E-state index contributed by atoms with van der Waals surface area (Å²) in [4.78, 5) is 15.5. The molecule has 2 rings (SSSR count). The van der Waals surface area contributed by atoms with E-state index < -0.39 is 5.91 Å². The molecule has 7 heteroatoms. The van der Waals surface area contributed by atoms with Gasteiger partial charge in [-0.05, 0) is 13.8 Å². The number of aromatic amines is 1. The molecule has 0 aliphatic carbocycles. The Morgan fingerprint density at radius 2 is 2.33 bits per heavy atom. The second-order valence-electron chi connectivity index (χ2n) is 3.04. The fourth-order valence-corrected chi connectivity index (χ4v) is 1.07. The minimum Gasteiger partial charge on any atom is -0.351 e. The maximum absolute atomic E-state index is 11.6. The van der Waals surface area contributed by atoms with E-state index in [1.54, 1.807) is 13.8 Å². The minimum absolute atomic E-state index is 0.164. The van der Waals surface area contributed by atoms with Crippen LogP contribution in [-0.4, -0.2) is 26.2 Å². The van der Waals surface area contributed by atoms with Gasteiger partial charge in [-0.3, -0.25) is 15.2 Å². The molecule has 0 spiro atoms. The van der Waals surface area contributed by atoms with Crippen LogP contribution in [0.4, 0.5) is 5.95 Å². The van der Waals surface area contributed by atoms with Crippen molar-refractivity contribution in [1.29, 1.82) is 0 Å². The summed E-state index contributed by atoms with van der Waals surface area (Å²) in [7, 11) is 0. The first-order valence-corrected chi connectivity index (χ1v) is 4.28. The van der Waals surface area contributed by atoms with Crippen LogP contribution in [0.25, 0.3) is 0 Å². The molecule has 0 aliphatic heterocycles. The number of hydrogen-bond donors (Lipinski definition) is 2. The molecular formula is C8H9N5O2. The molecule has 0 aromatic carbocycles. The molecule has 0 unspecified atom stereocenters. The average molecular weight is 207 g/mol. The molecule has 0 atom stereocenters. The topological polar surface area (TPSA) is 96.7 Å². The van der Waals surface area contributed by atoms with Crippen molar-refractivity contribution in [3.63, 3.8) is 0 Å². The highest BCUT2D eigenvalue weighted by Gasteiger charge is 2.15. The zero-order chi connectivity index (χ0) is 10.8. The van der Waals surface area contributed by atoms with E-state index in [9.17, 15) is 4.79 Å². The number of H-pyrrole nitrogens is 1. The largest absolute Gasteiger partial charge is 0.351 e. The molecule has 1 amide bonds. The maximum atomic E-state index is 11.6. The lowest BCUT2D eigenvalue weighted by Gasteiger charge is -1.96. The van der Waals surface area contributed by atoms with E-state index in [1.807, 2.05) is 0 Å². The normalized spacial score (nSPS) is 10.3. The molecule has 7 nitrogen and oxygen atoms in total. The Balaban J connectivity index is 2.14. The van der Waals surface area contributed by atoms with E-state index in [0.717, 1.165) is 0 Å². The van der Waals surface area contributed by atoms with E-state index in [0.29, 0.717) is 11.4 Å². The van der Waals surface area contributed by atoms with Crippen molar-refractivity contribution >= 4 is 11.9 Å². The Bertz CT molecular complexity index is 487. The Kier molecular flexibility index (Phi) is 2.20. The predicted octanol–water partition coefficient (Wildman–Crippen LogP) is 0.662. The van der Waals surface area contributed by atoms with Crippen molar-refractivity contribution < 1.29 is 9.32 Å². The van der Waals surface area contributed by atoms with Gasteiger partial charge in [0.05, 0.1) is 6.20 Å². The van der Waals surface area contributed by atoms with Crippen molar-refractivity contribution in [2.75, 3.05) is 5.32 Å². The third-order valence-electron chi connectivity index (χ3n) is 1.78. The summed E-state index contributed by atoms with van der Waals surface area (Å²) in [6.45, 7) is 3.47. The lowest BCUT2D eigenvalue weighted by atomic mass is 10.3. The standard InChI is InChI=1S/C8H9N5O2/c1-4-3-9-15-6(4)7(14)11-8-10-5(2)12-13-8/h3H,1-2H3,(H2,10,11,12,13,14). The van der Waals surface area contributed by atoms with Crippen LogP contribution in [0.1, 0.15) is 21.9 Å². The van der Waals surface area contributed by atoms with Gasteiger partial charge in [0.2, 0.25) is 11.7 Å². The van der Waals surface area contributed by atoms with E-state index in [2.05, 4.69) is 25.7 Å². The number of nitrogens with zero attached hydrogens (tertiary/aromatic N) is 3. The zero-order valence-electron chi connectivity index (χ0n) is 8.24. The highest BCUT2D eigenvalue weighted by atomic mass is 16.5. The van der Waals surface area contributed by atoms with Gasteiger partial charge in [0, 0.05) is 5.56 Å². The first kappa shape index (κ1) is 9.38. The summed E-state index contributed by atoms with van der Waals surface area (Å²) < 4.78 is 4.78. The Morgan fingerprint density at radius 1 is 1.53 bits per heavy atom. The number of aromatic nitrogens is 4. The Hall–Kier alpha value is -2.18. The highest BCUT2D eigenvalue weighted by molar-refractivity contribution is 6.01. The molecule has 78 valence electrons. The van der Waals surface area contributed by atoms with Gasteiger partial charge in [0.25, 0.3) is 5.91 Å².